The van der Waals surface area contributed by atoms with E-state index >= 15 is 0 Å². The number of amides is 1. The molecule has 18 nitrogen and oxygen atoms in total. The summed E-state index contributed by atoms with van der Waals surface area (Å²) >= 11 is 0. The summed E-state index contributed by atoms with van der Waals surface area (Å²) in [7, 11) is -18.2. The number of nitrogens with one attached hydrogen (secondary N) is 1. The molecular weight excluding hydrogens is 519 g/mol. The highest BCUT2D eigenvalue weighted by Gasteiger charge is 2.44. The number of aliphatic hydroxyl groups excluding tert-OH is 2. The summed E-state index contributed by atoms with van der Waals surface area (Å²) in [5.41, 5.74) is -1.03. The molecule has 0 spiro atoms. The molecule has 2 unspecified atom stereocenters. The second-order valence-corrected chi connectivity index (χ2v) is 10.3. The molecule has 2 rings (SSSR count). The summed E-state index contributed by atoms with van der Waals surface area (Å²) in [6, 6.07) is 1.16. The summed E-state index contributed by atoms with van der Waals surface area (Å²) in [6.07, 6.45) is -5.90. The smallest absolute Gasteiger partial charge is 0.351 e. The fourth-order valence-electron chi connectivity index (χ4n) is 2.40. The first-order chi connectivity index (χ1) is 14.5. The Morgan fingerprint density at radius 3 is 2.30 bits per heavy atom. The van der Waals surface area contributed by atoms with Crippen molar-refractivity contribution in [3.8, 4) is 0 Å². The van der Waals surface area contributed by atoms with Gasteiger partial charge in [0.25, 0.3) is 15.6 Å². The van der Waals surface area contributed by atoms with Crippen molar-refractivity contribution >= 4 is 35.2 Å². The van der Waals surface area contributed by atoms with Gasteiger partial charge in [-0.25, -0.2) is 9.11 Å². The SMILES string of the molecule is C.CC(=O)Nc1ccn([C@@H]2O[C@H](COP(=O)([O-])OP(=O)([O-])OP(=O)([O-])[O-])[C@@H](O)[C@H]2O)c(=O)n1. The van der Waals surface area contributed by atoms with E-state index in [4.69, 9.17) is 4.74 Å². The summed E-state index contributed by atoms with van der Waals surface area (Å²) < 4.78 is 49.3. The van der Waals surface area contributed by atoms with Crippen molar-refractivity contribution in [2.75, 3.05) is 11.9 Å². The lowest BCUT2D eigenvalue weighted by Gasteiger charge is -2.37. The van der Waals surface area contributed by atoms with E-state index in [0.29, 0.717) is 4.57 Å². The highest BCUT2D eigenvalue weighted by atomic mass is 31.3. The Balaban J connectivity index is 0.00000544. The number of phosphoric acid groups is 3. The fraction of sp³-hybridized carbons (Fsp3) is 0.583. The van der Waals surface area contributed by atoms with Gasteiger partial charge in [0.15, 0.2) is 6.23 Å². The largest absolute Gasteiger partial charge is 0.790 e. The third kappa shape index (κ3) is 8.73. The number of carbonyl (C=O) groups excluding carboxylic acids is 1. The molecule has 33 heavy (non-hydrogen) atoms. The molecule has 1 amide bonds. The topological polar surface area (TPSA) is 285 Å². The maximum atomic E-state index is 12.1. The molecule has 0 saturated carbocycles. The van der Waals surface area contributed by atoms with Gasteiger partial charge in [-0.3, -0.25) is 22.8 Å². The average molecular weight is 537 g/mol. The first-order valence-electron chi connectivity index (χ1n) is 8.09. The number of aliphatic hydroxyl groups is 2. The van der Waals surface area contributed by atoms with Crippen LogP contribution >= 0.6 is 23.5 Å². The lowest BCUT2D eigenvalue weighted by atomic mass is 10.1. The number of ether oxygens (including phenoxy) is 1. The van der Waals surface area contributed by atoms with Crippen LogP contribution in [0.5, 0.6) is 0 Å². The third-order valence-electron chi connectivity index (χ3n) is 3.54. The molecule has 2 heterocycles. The van der Waals surface area contributed by atoms with Crippen molar-refractivity contribution in [3.05, 3.63) is 22.7 Å². The maximum Gasteiger partial charge on any atom is 0.351 e. The first-order valence-corrected chi connectivity index (χ1v) is 12.5. The van der Waals surface area contributed by atoms with Gasteiger partial charge in [0.05, 0.1) is 14.4 Å². The molecule has 0 bridgehead atoms. The van der Waals surface area contributed by atoms with Crippen LogP contribution in [0.25, 0.3) is 0 Å². The first kappa shape index (κ1) is 29.7. The van der Waals surface area contributed by atoms with Crippen molar-refractivity contribution in [3.63, 3.8) is 0 Å². The Morgan fingerprint density at radius 2 is 1.79 bits per heavy atom. The van der Waals surface area contributed by atoms with E-state index in [0.717, 1.165) is 19.2 Å². The van der Waals surface area contributed by atoms with Gasteiger partial charge in [0, 0.05) is 13.1 Å². The number of nitrogens with zero attached hydrogens (tertiary/aromatic N) is 2. The van der Waals surface area contributed by atoms with Crippen molar-refractivity contribution in [1.82, 2.24) is 9.55 Å². The molecule has 1 aromatic heterocycles. The van der Waals surface area contributed by atoms with E-state index < -0.39 is 66.2 Å². The molecule has 1 aliphatic rings. The predicted octanol–water partition coefficient (Wildman–Crippen LogP) is -3.73. The van der Waals surface area contributed by atoms with Crippen molar-refractivity contribution in [2.45, 2.75) is 38.9 Å². The lowest BCUT2D eigenvalue weighted by molar-refractivity contribution is -0.339. The van der Waals surface area contributed by atoms with E-state index in [1.54, 1.807) is 0 Å². The van der Waals surface area contributed by atoms with Crippen molar-refractivity contribution < 1.29 is 66.2 Å². The molecule has 0 radical (unpaired) electrons. The van der Waals surface area contributed by atoms with Crippen LogP contribution in [0.15, 0.2) is 17.1 Å². The number of carbonyl (C=O) groups is 1. The number of rotatable bonds is 9. The fourth-order valence-corrected chi connectivity index (χ4v) is 5.27. The Labute approximate surface area is 185 Å². The number of hydrogen-bond donors (Lipinski definition) is 3. The summed E-state index contributed by atoms with van der Waals surface area (Å²) in [6.45, 7) is -0.0115. The molecule has 0 aliphatic carbocycles. The van der Waals surface area contributed by atoms with Gasteiger partial charge in [-0.1, -0.05) is 7.43 Å². The Morgan fingerprint density at radius 1 is 1.18 bits per heavy atom. The minimum Gasteiger partial charge on any atom is -0.790 e. The Hall–Kier alpha value is -1.36. The van der Waals surface area contributed by atoms with E-state index in [-0.39, 0.29) is 13.2 Å². The molecule has 190 valence electrons. The molecule has 6 atom stereocenters. The van der Waals surface area contributed by atoms with Gasteiger partial charge in [-0.15, -0.1) is 0 Å². The van der Waals surface area contributed by atoms with Crippen LogP contribution < -0.4 is 30.6 Å². The second-order valence-electron chi connectivity index (χ2n) is 6.03. The zero-order valence-corrected chi connectivity index (χ0v) is 18.3. The quantitative estimate of drug-likeness (QED) is 0.255. The summed E-state index contributed by atoms with van der Waals surface area (Å²) in [5.74, 6) is -0.647. The van der Waals surface area contributed by atoms with E-state index in [1.807, 2.05) is 0 Å². The zero-order valence-electron chi connectivity index (χ0n) is 15.6. The second kappa shape index (κ2) is 10.9. The van der Waals surface area contributed by atoms with Crippen LogP contribution in [0.4, 0.5) is 5.82 Å². The van der Waals surface area contributed by atoms with Crippen LogP contribution in [-0.2, 0) is 36.4 Å². The van der Waals surface area contributed by atoms with Gasteiger partial charge < -0.3 is 48.9 Å². The van der Waals surface area contributed by atoms with E-state index in [2.05, 4.69) is 23.4 Å². The normalized spacial score (nSPS) is 26.6. The van der Waals surface area contributed by atoms with Crippen LogP contribution in [0.1, 0.15) is 20.6 Å². The zero-order chi connectivity index (χ0) is 24.5. The van der Waals surface area contributed by atoms with Gasteiger partial charge in [0.2, 0.25) is 5.91 Å². The predicted molar refractivity (Wildman–Crippen MR) is 96.4 cm³/mol. The van der Waals surface area contributed by atoms with Crippen LogP contribution in [-0.4, -0.2) is 50.6 Å². The summed E-state index contributed by atoms with van der Waals surface area (Å²) in [4.78, 5) is 69.8. The molecule has 1 aromatic rings. The maximum absolute atomic E-state index is 12.1. The van der Waals surface area contributed by atoms with E-state index in [1.165, 1.54) is 0 Å². The molecule has 1 aliphatic heterocycles. The highest BCUT2D eigenvalue weighted by molar-refractivity contribution is 7.64. The van der Waals surface area contributed by atoms with Gasteiger partial charge in [0.1, 0.15) is 24.1 Å². The Bertz CT molecular complexity index is 1060. The van der Waals surface area contributed by atoms with Gasteiger partial charge in [-0.05, 0) is 6.07 Å². The number of aromatic nitrogens is 2. The van der Waals surface area contributed by atoms with E-state index in [9.17, 15) is 53.1 Å². The van der Waals surface area contributed by atoms with Crippen LogP contribution in [0, 0.1) is 0 Å². The standard InChI is InChI=1S/C11H18N3O15P3.CH4/c1-5(15)12-7-2-3-14(11(18)13-7)10-9(17)8(16)6(27-10)4-26-31(22,23)29-32(24,25)28-30(19,20)21;/h2-3,6,8-10,16-17H,4H2,1H3,(H,22,23)(H,24,25)(H2,19,20,21)(H,12,13,15,18);1H4/p-4/t6-,8-,9-,10-;/m1./s1. The number of anilines is 1. The minimum atomic E-state index is -6.18. The lowest BCUT2D eigenvalue weighted by Crippen LogP contribution is -2.36. The average Bonchev–Trinajstić information content (AvgIpc) is 2.85. The third-order valence-corrected chi connectivity index (χ3v) is 7.21. The minimum absolute atomic E-state index is 0. The van der Waals surface area contributed by atoms with Gasteiger partial charge in [-0.2, -0.15) is 4.98 Å². The van der Waals surface area contributed by atoms with Crippen molar-refractivity contribution in [1.29, 1.82) is 0 Å². The van der Waals surface area contributed by atoms with Gasteiger partial charge >= 0.3 is 5.69 Å². The molecule has 1 fully saturated rings. The monoisotopic (exact) mass is 537 g/mol. The highest BCUT2D eigenvalue weighted by Crippen LogP contribution is 2.60. The molecular formula is C12H18N3O15P3-4. The molecule has 21 heteroatoms. The van der Waals surface area contributed by atoms with Crippen LogP contribution in [0.2, 0.25) is 0 Å². The molecule has 0 aromatic carbocycles. The Kier molecular flexibility index (Phi) is 9.82. The number of hydrogen-bond acceptors (Lipinski definition) is 16. The molecule has 3 N–H and O–H groups in total. The van der Waals surface area contributed by atoms with Crippen molar-refractivity contribution in [2.24, 2.45) is 0 Å². The molecule has 1 saturated heterocycles. The summed E-state index contributed by atoms with van der Waals surface area (Å²) in [5, 5.41) is 22.3. The number of phosphoric ester groups is 1. The van der Waals surface area contributed by atoms with Crippen LogP contribution in [0.3, 0.4) is 0 Å².